The van der Waals surface area contributed by atoms with Crippen LogP contribution in [0.4, 0.5) is 0 Å². The van der Waals surface area contributed by atoms with Gasteiger partial charge in [-0.3, -0.25) is 0 Å². The topological polar surface area (TPSA) is 25.8 Å². The van der Waals surface area contributed by atoms with E-state index < -0.39 is 0 Å². The Morgan fingerprint density at radius 2 is 1.27 bits per heavy atom. The average Bonchev–Trinajstić information content (AvgIpc) is 2.51. The van der Waals surface area contributed by atoms with E-state index in [2.05, 4.69) is 55.3 Å². The summed E-state index contributed by atoms with van der Waals surface area (Å²) in [7, 11) is 10.8. The molecule has 3 rings (SSSR count). The number of benzene rings is 2. The number of aromatic nitrogens is 2. The Balaban J connectivity index is 2.48. The van der Waals surface area contributed by atoms with Crippen LogP contribution in [0.1, 0.15) is 0 Å². The molecule has 0 atom stereocenters. The third-order valence-electron chi connectivity index (χ3n) is 4.81. The molecular weight excluding hydrogens is 286 g/mol. The van der Waals surface area contributed by atoms with Gasteiger partial charge in [-0.25, -0.2) is 9.97 Å². The maximum absolute atomic E-state index is 6.17. The van der Waals surface area contributed by atoms with Crippen LogP contribution in [-0.4, -0.2) is 49.2 Å². The summed E-state index contributed by atoms with van der Waals surface area (Å²) in [4.78, 5) is 8.90. The van der Waals surface area contributed by atoms with Gasteiger partial charge in [0, 0.05) is 5.39 Å². The summed E-state index contributed by atoms with van der Waals surface area (Å²) >= 11 is 6.17. The molecule has 0 amide bonds. The number of hydrogen-bond donors (Lipinski definition) is 0. The third-order valence-corrected chi connectivity index (χ3v) is 4.98. The third kappa shape index (κ3) is 2.28. The summed E-state index contributed by atoms with van der Waals surface area (Å²) < 4.78 is 0. The highest BCUT2D eigenvalue weighted by Crippen LogP contribution is 2.24. The Labute approximate surface area is 140 Å². The predicted octanol–water partition coefficient (Wildman–Crippen LogP) is -4.76. The van der Waals surface area contributed by atoms with Gasteiger partial charge in [0.2, 0.25) is 5.28 Å². The Hall–Kier alpha value is -1.61. The maximum Gasteiger partial charge on any atom is 0.223 e. The second-order valence-corrected chi connectivity index (χ2v) is 6.20. The van der Waals surface area contributed by atoms with Gasteiger partial charge in [0.05, 0.1) is 11.2 Å². The van der Waals surface area contributed by atoms with Crippen molar-refractivity contribution in [3.8, 4) is 11.3 Å². The number of nitrogens with zero attached hydrogens (tertiary/aromatic N) is 2. The summed E-state index contributed by atoms with van der Waals surface area (Å²) in [5.74, 6) is 0. The van der Waals surface area contributed by atoms with Crippen molar-refractivity contribution in [2.24, 2.45) is 0 Å². The van der Waals surface area contributed by atoms with E-state index in [1.807, 2.05) is 18.2 Å². The van der Waals surface area contributed by atoms with Crippen LogP contribution in [0.3, 0.4) is 0 Å². The fraction of sp³-hybridized carbons (Fsp3) is 0. The quantitative estimate of drug-likeness (QED) is 0.333. The molecule has 0 N–H and O–H groups in total. The molecule has 0 aliphatic carbocycles. The van der Waals surface area contributed by atoms with Gasteiger partial charge >= 0.3 is 0 Å². The standard InChI is InChI=1S/C14H14B5ClN2/c15-8-7(9(16)11(18)12(19)10(8)17)13-5-3-1-2-4-6(5)21-14(20)22-13/h1-4H,15-19H2. The normalized spacial score (nSPS) is 11.0. The first-order valence-electron chi connectivity index (χ1n) is 7.41. The maximum atomic E-state index is 6.17. The van der Waals surface area contributed by atoms with Crippen molar-refractivity contribution in [3.05, 3.63) is 29.5 Å². The van der Waals surface area contributed by atoms with Gasteiger partial charge in [-0.1, -0.05) is 29.1 Å². The molecule has 0 bridgehead atoms. The molecule has 0 spiro atoms. The van der Waals surface area contributed by atoms with Gasteiger partial charge in [0.1, 0.15) is 39.2 Å². The summed E-state index contributed by atoms with van der Waals surface area (Å²) in [5, 5.41) is 1.34. The molecule has 2 nitrogen and oxygen atoms in total. The van der Waals surface area contributed by atoms with Crippen LogP contribution in [0, 0.1) is 0 Å². The second kappa shape index (κ2) is 5.55. The minimum atomic E-state index is 0.295. The molecule has 1 heterocycles. The number of fused-ring (bicyclic) bond motifs is 1. The van der Waals surface area contributed by atoms with E-state index in [1.165, 1.54) is 32.9 Å². The fourth-order valence-corrected chi connectivity index (χ4v) is 3.27. The zero-order valence-electron chi connectivity index (χ0n) is 13.6. The van der Waals surface area contributed by atoms with Crippen molar-refractivity contribution in [3.63, 3.8) is 0 Å². The number of para-hydroxylation sites is 1. The smallest absolute Gasteiger partial charge is 0.218 e. The zero-order valence-corrected chi connectivity index (χ0v) is 14.3. The molecule has 22 heavy (non-hydrogen) atoms. The van der Waals surface area contributed by atoms with Crippen molar-refractivity contribution in [2.75, 3.05) is 0 Å². The lowest BCUT2D eigenvalue weighted by molar-refractivity contribution is 1.23. The average molecular weight is 300 g/mol. The van der Waals surface area contributed by atoms with Gasteiger partial charge in [-0.2, -0.15) is 0 Å². The van der Waals surface area contributed by atoms with Crippen LogP contribution in [0.15, 0.2) is 24.3 Å². The second-order valence-electron chi connectivity index (χ2n) is 5.86. The van der Waals surface area contributed by atoms with Gasteiger partial charge in [0.15, 0.2) is 0 Å². The molecule has 0 fully saturated rings. The van der Waals surface area contributed by atoms with Gasteiger partial charge < -0.3 is 0 Å². The van der Waals surface area contributed by atoms with Crippen LogP contribution in [0.5, 0.6) is 0 Å². The largest absolute Gasteiger partial charge is 0.223 e. The number of rotatable bonds is 1. The molecule has 0 aliphatic rings. The van der Waals surface area contributed by atoms with Gasteiger partial charge in [-0.05, 0) is 23.2 Å². The molecule has 0 saturated carbocycles. The Bertz CT molecular complexity index is 884. The number of hydrogen-bond acceptors (Lipinski definition) is 2. The van der Waals surface area contributed by atoms with Crippen molar-refractivity contribution in [1.29, 1.82) is 0 Å². The molecule has 0 unspecified atom stereocenters. The molecule has 3 aromatic rings. The molecular formula is C14H14B5ClN2. The van der Waals surface area contributed by atoms with Crippen LogP contribution in [-0.2, 0) is 0 Å². The van der Waals surface area contributed by atoms with E-state index in [9.17, 15) is 0 Å². The van der Waals surface area contributed by atoms with E-state index in [-0.39, 0.29) is 0 Å². The number of halogens is 1. The van der Waals surface area contributed by atoms with Crippen molar-refractivity contribution in [1.82, 2.24) is 9.97 Å². The highest BCUT2D eigenvalue weighted by atomic mass is 35.5. The minimum Gasteiger partial charge on any atom is -0.218 e. The van der Waals surface area contributed by atoms with E-state index in [0.717, 1.165) is 16.6 Å². The predicted molar refractivity (Wildman–Crippen MR) is 111 cm³/mol. The first-order chi connectivity index (χ1) is 10.4. The Kier molecular flexibility index (Phi) is 3.86. The van der Waals surface area contributed by atoms with Crippen LogP contribution in [0.2, 0.25) is 5.28 Å². The lowest BCUT2D eigenvalue weighted by atomic mass is 9.60. The molecule has 0 radical (unpaired) electrons. The first-order valence-corrected chi connectivity index (χ1v) is 7.79. The van der Waals surface area contributed by atoms with Gasteiger partial charge in [0.25, 0.3) is 0 Å². The fourth-order valence-electron chi connectivity index (χ4n) is 3.09. The van der Waals surface area contributed by atoms with E-state index >= 15 is 0 Å². The van der Waals surface area contributed by atoms with Crippen molar-refractivity contribution < 1.29 is 0 Å². The highest BCUT2D eigenvalue weighted by Gasteiger charge is 2.17. The Morgan fingerprint density at radius 1 is 0.727 bits per heavy atom. The van der Waals surface area contributed by atoms with Crippen LogP contribution in [0.25, 0.3) is 22.2 Å². The van der Waals surface area contributed by atoms with E-state index in [1.54, 1.807) is 0 Å². The first kappa shape index (κ1) is 15.3. The van der Waals surface area contributed by atoms with Crippen LogP contribution < -0.4 is 27.3 Å². The summed E-state index contributed by atoms with van der Waals surface area (Å²) in [6.07, 6.45) is 0. The molecule has 1 aromatic heterocycles. The summed E-state index contributed by atoms with van der Waals surface area (Å²) in [5.41, 5.74) is 9.50. The van der Waals surface area contributed by atoms with Crippen LogP contribution >= 0.6 is 11.6 Å². The minimum absolute atomic E-state index is 0.295. The zero-order chi connectivity index (χ0) is 16.0. The van der Waals surface area contributed by atoms with E-state index in [0.29, 0.717) is 5.28 Å². The Morgan fingerprint density at radius 3 is 1.91 bits per heavy atom. The monoisotopic (exact) mass is 300 g/mol. The molecule has 2 aromatic carbocycles. The summed E-state index contributed by atoms with van der Waals surface area (Å²) in [6, 6.07) is 8.03. The van der Waals surface area contributed by atoms with Crippen molar-refractivity contribution in [2.45, 2.75) is 0 Å². The lowest BCUT2D eigenvalue weighted by Crippen LogP contribution is -2.55. The van der Waals surface area contributed by atoms with Gasteiger partial charge in [-0.15, -0.1) is 16.4 Å². The van der Waals surface area contributed by atoms with Crippen molar-refractivity contribution >= 4 is 89.0 Å². The molecule has 8 heteroatoms. The molecule has 102 valence electrons. The lowest BCUT2D eigenvalue weighted by Gasteiger charge is -2.20. The highest BCUT2D eigenvalue weighted by molar-refractivity contribution is 6.68. The van der Waals surface area contributed by atoms with E-state index in [4.69, 9.17) is 11.6 Å². The molecule has 0 aliphatic heterocycles. The molecule has 0 saturated heterocycles. The summed E-state index contributed by atoms with van der Waals surface area (Å²) in [6.45, 7) is 0. The SMILES string of the molecule is Bc1c(B)c(B)c(-c2nc(Cl)nc3ccccc23)c(B)c1B.